The van der Waals surface area contributed by atoms with Gasteiger partial charge >= 0.3 is 6.18 Å². The van der Waals surface area contributed by atoms with Crippen molar-refractivity contribution in [2.24, 2.45) is 0 Å². The second-order valence-corrected chi connectivity index (χ2v) is 9.85. The maximum atomic E-state index is 14.6. The summed E-state index contributed by atoms with van der Waals surface area (Å²) in [6.07, 6.45) is -2.55. The molecule has 1 heterocycles. The van der Waals surface area contributed by atoms with Crippen molar-refractivity contribution in [1.29, 1.82) is 0 Å². The first-order valence-electron chi connectivity index (χ1n) is 13.3. The smallest absolute Gasteiger partial charge is 0.367 e. The summed E-state index contributed by atoms with van der Waals surface area (Å²) in [4.78, 5) is 12.0. The van der Waals surface area contributed by atoms with Crippen LogP contribution in [0.2, 0.25) is 0 Å². The Balaban J connectivity index is 1.69. The van der Waals surface area contributed by atoms with E-state index in [0.717, 1.165) is 67.1 Å². The van der Waals surface area contributed by atoms with Gasteiger partial charge in [0.05, 0.1) is 11.1 Å². The van der Waals surface area contributed by atoms with E-state index in [1.807, 2.05) is 25.1 Å². The fourth-order valence-corrected chi connectivity index (χ4v) is 4.75. The summed E-state index contributed by atoms with van der Waals surface area (Å²) in [6.45, 7) is 11.5. The van der Waals surface area contributed by atoms with Gasteiger partial charge in [0.15, 0.2) is 5.82 Å². The highest BCUT2D eigenvalue weighted by Crippen LogP contribution is 2.35. The lowest BCUT2D eigenvalue weighted by molar-refractivity contribution is -0.137. The average Bonchev–Trinajstić information content (AvgIpc) is 2.91. The molecule has 0 radical (unpaired) electrons. The molecule has 4 rings (SSSR count). The second kappa shape index (κ2) is 12.1. The lowest BCUT2D eigenvalue weighted by Crippen LogP contribution is -2.25. The van der Waals surface area contributed by atoms with Crippen LogP contribution in [-0.4, -0.2) is 40.5 Å². The number of nitrogens with zero attached hydrogens (tertiary/aromatic N) is 3. The van der Waals surface area contributed by atoms with Crippen LogP contribution < -0.4 is 5.32 Å². The molecule has 4 aromatic rings. The normalized spacial score (nSPS) is 12.7. The predicted octanol–water partition coefficient (Wildman–Crippen LogP) is 8.35. The maximum Gasteiger partial charge on any atom is 0.416 e. The van der Waals surface area contributed by atoms with Gasteiger partial charge in [-0.15, -0.1) is 0 Å². The van der Waals surface area contributed by atoms with E-state index in [1.165, 1.54) is 0 Å². The number of rotatable bonds is 10. The molecule has 1 N–H and O–H groups in total. The zero-order valence-corrected chi connectivity index (χ0v) is 22.7. The Morgan fingerprint density at radius 3 is 2.36 bits per heavy atom. The monoisotopic (exact) mass is 538 g/mol. The van der Waals surface area contributed by atoms with Crippen LogP contribution in [0.1, 0.15) is 44.7 Å². The average molecular weight is 539 g/mol. The molecular weight excluding hydrogens is 504 g/mol. The number of benzene rings is 3. The predicted molar refractivity (Wildman–Crippen MR) is 150 cm³/mol. The number of alkyl halides is 3. The standard InChI is InChI=1S/C31H34F4N4/c1-5-39(6-2)17-9-11-21(4)36-30-25-14-7-10-20(3)28(25)37-29(38-30)23-13-8-12-22(18-23)26-19-24(31(33,34)35)15-16-27(26)32/h7-8,10,12-16,18-19,21H,5-6,9,11,17H2,1-4H3,(H,36,37,38). The Labute approximate surface area is 227 Å². The van der Waals surface area contributed by atoms with Crippen molar-refractivity contribution in [2.75, 3.05) is 25.0 Å². The number of hydrogen-bond acceptors (Lipinski definition) is 4. The van der Waals surface area contributed by atoms with Crippen molar-refractivity contribution in [3.05, 3.63) is 77.6 Å². The van der Waals surface area contributed by atoms with Crippen LogP contribution in [-0.2, 0) is 6.18 Å². The number of fused-ring (bicyclic) bond motifs is 1. The zero-order valence-electron chi connectivity index (χ0n) is 22.7. The number of hydrogen-bond donors (Lipinski definition) is 1. The van der Waals surface area contributed by atoms with Crippen LogP contribution in [0.4, 0.5) is 23.4 Å². The van der Waals surface area contributed by atoms with Crippen LogP contribution in [0.5, 0.6) is 0 Å². The van der Waals surface area contributed by atoms with Crippen LogP contribution in [0.15, 0.2) is 60.7 Å². The van der Waals surface area contributed by atoms with Gasteiger partial charge in [-0.25, -0.2) is 14.4 Å². The first kappa shape index (κ1) is 28.5. The Morgan fingerprint density at radius 1 is 0.923 bits per heavy atom. The van der Waals surface area contributed by atoms with Crippen LogP contribution in [0, 0.1) is 12.7 Å². The number of aromatic nitrogens is 2. The van der Waals surface area contributed by atoms with Crippen LogP contribution in [0.25, 0.3) is 33.4 Å². The van der Waals surface area contributed by atoms with Gasteiger partial charge in [0, 0.05) is 22.6 Å². The molecule has 0 aliphatic rings. The summed E-state index contributed by atoms with van der Waals surface area (Å²) in [5.41, 5.74) is 1.66. The third-order valence-corrected chi connectivity index (χ3v) is 7.04. The third-order valence-electron chi connectivity index (χ3n) is 7.04. The Kier molecular flexibility index (Phi) is 8.85. The highest BCUT2D eigenvalue weighted by Gasteiger charge is 2.31. The Morgan fingerprint density at radius 2 is 1.64 bits per heavy atom. The highest BCUT2D eigenvalue weighted by molar-refractivity contribution is 5.92. The van der Waals surface area contributed by atoms with Gasteiger partial charge in [-0.05, 0) is 87.8 Å². The summed E-state index contributed by atoms with van der Waals surface area (Å²) in [6, 6.07) is 15.2. The third kappa shape index (κ3) is 6.74. The summed E-state index contributed by atoms with van der Waals surface area (Å²) < 4.78 is 54.5. The van der Waals surface area contributed by atoms with Crippen molar-refractivity contribution >= 4 is 16.7 Å². The number of aryl methyl sites for hydroxylation is 1. The van der Waals surface area contributed by atoms with E-state index in [0.29, 0.717) is 22.8 Å². The van der Waals surface area contributed by atoms with E-state index in [9.17, 15) is 17.6 Å². The van der Waals surface area contributed by atoms with Crippen molar-refractivity contribution in [1.82, 2.24) is 14.9 Å². The van der Waals surface area contributed by atoms with E-state index in [4.69, 9.17) is 9.97 Å². The molecule has 8 heteroatoms. The van der Waals surface area contributed by atoms with E-state index in [1.54, 1.807) is 24.3 Å². The second-order valence-electron chi connectivity index (χ2n) is 9.85. The topological polar surface area (TPSA) is 41.0 Å². The molecule has 0 spiro atoms. The summed E-state index contributed by atoms with van der Waals surface area (Å²) >= 11 is 0. The van der Waals surface area contributed by atoms with Gasteiger partial charge < -0.3 is 10.2 Å². The molecular formula is C31H34F4N4. The van der Waals surface area contributed by atoms with Gasteiger partial charge in [-0.2, -0.15) is 13.2 Å². The molecule has 1 aromatic heterocycles. The van der Waals surface area contributed by atoms with E-state index in [-0.39, 0.29) is 11.6 Å². The number of nitrogens with one attached hydrogen (secondary N) is 1. The maximum absolute atomic E-state index is 14.6. The zero-order chi connectivity index (χ0) is 28.2. The molecule has 0 saturated carbocycles. The molecule has 0 amide bonds. The van der Waals surface area contributed by atoms with Crippen molar-refractivity contribution < 1.29 is 17.6 Å². The van der Waals surface area contributed by atoms with Crippen molar-refractivity contribution in [2.45, 2.75) is 52.8 Å². The first-order chi connectivity index (χ1) is 18.6. The molecule has 39 heavy (non-hydrogen) atoms. The number of halogens is 4. The van der Waals surface area contributed by atoms with Crippen molar-refractivity contribution in [3.8, 4) is 22.5 Å². The highest BCUT2D eigenvalue weighted by atomic mass is 19.4. The molecule has 1 atom stereocenters. The number of anilines is 1. The lowest BCUT2D eigenvalue weighted by atomic mass is 10.00. The molecule has 3 aromatic carbocycles. The summed E-state index contributed by atoms with van der Waals surface area (Å²) in [7, 11) is 0. The lowest BCUT2D eigenvalue weighted by Gasteiger charge is -2.21. The largest absolute Gasteiger partial charge is 0.416 e. The molecule has 0 bridgehead atoms. The fourth-order valence-electron chi connectivity index (χ4n) is 4.75. The molecule has 206 valence electrons. The van der Waals surface area contributed by atoms with E-state index < -0.39 is 17.6 Å². The minimum Gasteiger partial charge on any atom is -0.367 e. The first-order valence-corrected chi connectivity index (χ1v) is 13.3. The van der Waals surface area contributed by atoms with Gasteiger partial charge in [0.1, 0.15) is 11.6 Å². The Hall–Kier alpha value is -3.52. The molecule has 4 nitrogen and oxygen atoms in total. The minimum absolute atomic E-state index is 0.121. The van der Waals surface area contributed by atoms with Gasteiger partial charge in [-0.1, -0.05) is 44.2 Å². The van der Waals surface area contributed by atoms with Gasteiger partial charge in [-0.3, -0.25) is 0 Å². The van der Waals surface area contributed by atoms with Crippen LogP contribution in [0.3, 0.4) is 0 Å². The SMILES string of the molecule is CCN(CC)CCCC(C)Nc1nc(-c2cccc(-c3cc(C(F)(F)F)ccc3F)c2)nc2c(C)cccc12. The quantitative estimate of drug-likeness (QED) is 0.206. The van der Waals surface area contributed by atoms with Crippen molar-refractivity contribution in [3.63, 3.8) is 0 Å². The summed E-state index contributed by atoms with van der Waals surface area (Å²) in [5, 5.41) is 4.45. The molecule has 0 aliphatic carbocycles. The van der Waals surface area contributed by atoms with Gasteiger partial charge in [0.2, 0.25) is 0 Å². The van der Waals surface area contributed by atoms with Gasteiger partial charge in [0.25, 0.3) is 0 Å². The number of para-hydroxylation sites is 1. The van der Waals surface area contributed by atoms with E-state index >= 15 is 0 Å². The molecule has 0 fully saturated rings. The fraction of sp³-hybridized carbons (Fsp3) is 0.355. The Bertz CT molecular complexity index is 1430. The van der Waals surface area contributed by atoms with Crippen LogP contribution >= 0.6 is 0 Å². The summed E-state index contributed by atoms with van der Waals surface area (Å²) in [5.74, 6) is 0.393. The van der Waals surface area contributed by atoms with E-state index in [2.05, 4.69) is 31.0 Å². The molecule has 1 unspecified atom stereocenters. The molecule has 0 saturated heterocycles. The molecule has 0 aliphatic heterocycles. The minimum atomic E-state index is -4.57.